The van der Waals surface area contributed by atoms with Gasteiger partial charge in [0.05, 0.1) is 11.3 Å². The minimum Gasteiger partial charge on any atom is -0.384 e. The molecular weight excluding hydrogens is 248 g/mol. The van der Waals surface area contributed by atoms with Gasteiger partial charge >= 0.3 is 0 Å². The molecule has 0 unspecified atom stereocenters. The third-order valence-electron chi connectivity index (χ3n) is 2.45. The summed E-state index contributed by atoms with van der Waals surface area (Å²) in [5.41, 5.74) is 7.86. The van der Waals surface area contributed by atoms with Gasteiger partial charge in [-0.05, 0) is 37.2 Å². The van der Waals surface area contributed by atoms with Crippen LogP contribution in [0.3, 0.4) is 0 Å². The molecule has 2 aromatic heterocycles. The topological polar surface area (TPSA) is 101 Å². The van der Waals surface area contributed by atoms with E-state index in [1.807, 2.05) is 13.8 Å². The van der Waals surface area contributed by atoms with Gasteiger partial charge in [-0.15, -0.1) is 5.10 Å². The van der Waals surface area contributed by atoms with Crippen LogP contribution < -0.4 is 5.73 Å². The predicted octanol–water partition coefficient (Wildman–Crippen LogP) is 1.32. The molecule has 92 valence electrons. The molecule has 0 radical (unpaired) electrons. The van der Waals surface area contributed by atoms with Crippen LogP contribution in [-0.4, -0.2) is 26.0 Å². The van der Waals surface area contributed by atoms with E-state index in [2.05, 4.69) is 20.2 Å². The first-order valence-electron chi connectivity index (χ1n) is 5.21. The molecule has 2 heterocycles. The van der Waals surface area contributed by atoms with Crippen molar-refractivity contribution >= 4 is 17.6 Å². The lowest BCUT2D eigenvalue weighted by Gasteiger charge is -2.10. The summed E-state index contributed by atoms with van der Waals surface area (Å²) in [7, 11) is 0. The zero-order valence-electron chi connectivity index (χ0n) is 10.0. The van der Waals surface area contributed by atoms with E-state index < -0.39 is 0 Å². The lowest BCUT2D eigenvalue weighted by Crippen LogP contribution is -2.16. The molecule has 2 rings (SSSR count). The highest BCUT2D eigenvalue weighted by atomic mass is 32.2. The van der Waals surface area contributed by atoms with Crippen LogP contribution in [0.4, 0.5) is 0 Å². The van der Waals surface area contributed by atoms with Gasteiger partial charge in [-0.3, -0.25) is 5.41 Å². The number of aromatic nitrogens is 4. The van der Waals surface area contributed by atoms with E-state index in [0.29, 0.717) is 10.6 Å². The largest absolute Gasteiger partial charge is 0.384 e. The van der Waals surface area contributed by atoms with Crippen LogP contribution in [0.5, 0.6) is 0 Å². The molecule has 0 bridgehead atoms. The Morgan fingerprint density at radius 2 is 2.11 bits per heavy atom. The van der Waals surface area contributed by atoms with E-state index in [4.69, 9.17) is 11.1 Å². The Bertz CT molecular complexity index is 584. The highest BCUT2D eigenvalue weighted by Crippen LogP contribution is 2.28. The fourth-order valence-electron chi connectivity index (χ4n) is 1.41. The van der Waals surface area contributed by atoms with E-state index >= 15 is 0 Å². The van der Waals surface area contributed by atoms with Gasteiger partial charge in [0.2, 0.25) is 0 Å². The van der Waals surface area contributed by atoms with Crippen LogP contribution in [-0.2, 0) is 0 Å². The molecule has 0 saturated heterocycles. The Kier molecular flexibility index (Phi) is 3.52. The number of nitrogens with zero attached hydrogens (tertiary/aromatic N) is 4. The maximum absolute atomic E-state index is 7.64. The first kappa shape index (κ1) is 12.4. The number of amidine groups is 1. The zero-order chi connectivity index (χ0) is 13.1. The maximum atomic E-state index is 7.64. The minimum atomic E-state index is -0.0120. The number of nitrogens with one attached hydrogen (secondary N) is 1. The summed E-state index contributed by atoms with van der Waals surface area (Å²) in [5, 5.41) is 17.1. The Balaban J connectivity index is 2.45. The van der Waals surface area contributed by atoms with E-state index in [0.717, 1.165) is 16.3 Å². The number of hydrogen-bond donors (Lipinski definition) is 2. The van der Waals surface area contributed by atoms with E-state index in [9.17, 15) is 0 Å². The van der Waals surface area contributed by atoms with Gasteiger partial charge < -0.3 is 5.73 Å². The van der Waals surface area contributed by atoms with Crippen LogP contribution in [0.25, 0.3) is 0 Å². The second-order valence-electron chi connectivity index (χ2n) is 3.65. The molecule has 0 saturated carbocycles. The maximum Gasteiger partial charge on any atom is 0.136 e. The second kappa shape index (κ2) is 5.09. The SMILES string of the molecule is Cc1nnc(Sc2ccncn2)c(C(=N)N)c1C. The van der Waals surface area contributed by atoms with Crippen molar-refractivity contribution in [1.82, 2.24) is 20.2 Å². The fourth-order valence-corrected chi connectivity index (χ4v) is 2.29. The summed E-state index contributed by atoms with van der Waals surface area (Å²) in [6.07, 6.45) is 3.11. The Hall–Kier alpha value is -2.02. The summed E-state index contributed by atoms with van der Waals surface area (Å²) in [5.74, 6) is -0.0120. The van der Waals surface area contributed by atoms with Crippen LogP contribution >= 0.6 is 11.8 Å². The third kappa shape index (κ3) is 2.45. The van der Waals surface area contributed by atoms with Crippen molar-refractivity contribution in [2.45, 2.75) is 23.9 Å². The summed E-state index contributed by atoms with van der Waals surface area (Å²) in [6, 6.07) is 1.77. The Morgan fingerprint density at radius 1 is 1.33 bits per heavy atom. The summed E-state index contributed by atoms with van der Waals surface area (Å²) in [6.45, 7) is 3.72. The molecule has 0 amide bonds. The molecule has 0 aromatic carbocycles. The van der Waals surface area contributed by atoms with Crippen molar-refractivity contribution in [1.29, 1.82) is 5.41 Å². The van der Waals surface area contributed by atoms with E-state index in [-0.39, 0.29) is 5.84 Å². The molecule has 0 aliphatic carbocycles. The first-order chi connectivity index (χ1) is 8.59. The number of aryl methyl sites for hydroxylation is 1. The van der Waals surface area contributed by atoms with Gasteiger partial charge in [0.15, 0.2) is 0 Å². The van der Waals surface area contributed by atoms with Crippen molar-refractivity contribution in [2.24, 2.45) is 5.73 Å². The molecular formula is C11H12N6S. The van der Waals surface area contributed by atoms with Crippen molar-refractivity contribution in [3.8, 4) is 0 Å². The van der Waals surface area contributed by atoms with Crippen molar-refractivity contribution in [2.75, 3.05) is 0 Å². The number of hydrogen-bond acceptors (Lipinski definition) is 6. The Labute approximate surface area is 109 Å². The lowest BCUT2D eigenvalue weighted by molar-refractivity contribution is 0.870. The molecule has 0 aliphatic heterocycles. The van der Waals surface area contributed by atoms with E-state index in [1.54, 1.807) is 12.3 Å². The van der Waals surface area contributed by atoms with E-state index in [1.165, 1.54) is 18.1 Å². The lowest BCUT2D eigenvalue weighted by atomic mass is 10.1. The van der Waals surface area contributed by atoms with Crippen molar-refractivity contribution in [3.63, 3.8) is 0 Å². The molecule has 6 nitrogen and oxygen atoms in total. The smallest absolute Gasteiger partial charge is 0.136 e. The Morgan fingerprint density at radius 3 is 2.72 bits per heavy atom. The highest BCUT2D eigenvalue weighted by molar-refractivity contribution is 7.99. The van der Waals surface area contributed by atoms with Gasteiger partial charge in [0, 0.05) is 6.20 Å². The predicted molar refractivity (Wildman–Crippen MR) is 68.7 cm³/mol. The van der Waals surface area contributed by atoms with Crippen LogP contribution in [0, 0.1) is 19.3 Å². The minimum absolute atomic E-state index is 0.0120. The highest BCUT2D eigenvalue weighted by Gasteiger charge is 2.15. The zero-order valence-corrected chi connectivity index (χ0v) is 10.8. The summed E-state index contributed by atoms with van der Waals surface area (Å²) >= 11 is 1.32. The number of rotatable bonds is 3. The fraction of sp³-hybridized carbons (Fsp3) is 0.182. The summed E-state index contributed by atoms with van der Waals surface area (Å²) in [4.78, 5) is 7.95. The number of nitrogens with two attached hydrogens (primary N) is 1. The average molecular weight is 260 g/mol. The second-order valence-corrected chi connectivity index (χ2v) is 4.66. The van der Waals surface area contributed by atoms with Gasteiger partial charge in [0.1, 0.15) is 22.2 Å². The van der Waals surface area contributed by atoms with Crippen LogP contribution in [0.15, 0.2) is 28.6 Å². The normalized spacial score (nSPS) is 10.3. The average Bonchev–Trinajstić information content (AvgIpc) is 2.35. The van der Waals surface area contributed by atoms with Crippen LogP contribution in [0.2, 0.25) is 0 Å². The van der Waals surface area contributed by atoms with Gasteiger partial charge in [-0.1, -0.05) is 0 Å². The summed E-state index contributed by atoms with van der Waals surface area (Å²) < 4.78 is 0. The van der Waals surface area contributed by atoms with Gasteiger partial charge in [-0.25, -0.2) is 9.97 Å². The molecule has 0 atom stereocenters. The van der Waals surface area contributed by atoms with Gasteiger partial charge in [-0.2, -0.15) is 5.10 Å². The van der Waals surface area contributed by atoms with Gasteiger partial charge in [0.25, 0.3) is 0 Å². The molecule has 7 heteroatoms. The number of nitrogen functional groups attached to an aromatic ring is 1. The quantitative estimate of drug-likeness (QED) is 0.490. The molecule has 3 N–H and O–H groups in total. The molecule has 0 fully saturated rings. The molecule has 18 heavy (non-hydrogen) atoms. The van der Waals surface area contributed by atoms with Crippen LogP contribution in [0.1, 0.15) is 16.8 Å². The molecule has 0 spiro atoms. The monoisotopic (exact) mass is 260 g/mol. The van der Waals surface area contributed by atoms with Crippen molar-refractivity contribution in [3.05, 3.63) is 35.4 Å². The molecule has 0 aliphatic rings. The molecule has 2 aromatic rings. The van der Waals surface area contributed by atoms with Crippen molar-refractivity contribution < 1.29 is 0 Å². The standard InChI is InChI=1S/C11H12N6S/c1-6-7(2)16-17-11(9(6)10(12)13)18-8-3-4-14-5-15-8/h3-5H,1-2H3,(H3,12,13). The first-order valence-corrected chi connectivity index (χ1v) is 6.03. The third-order valence-corrected chi connectivity index (χ3v) is 3.38.